The second kappa shape index (κ2) is 9.73. The van der Waals surface area contributed by atoms with E-state index in [0.29, 0.717) is 44.4 Å². The maximum atomic E-state index is 6.07. The number of hydrogen-bond acceptors (Lipinski definition) is 3. The lowest BCUT2D eigenvalue weighted by atomic mass is 9.72. The molecule has 3 unspecified atom stereocenters. The lowest BCUT2D eigenvalue weighted by molar-refractivity contribution is -0.0678. The molecule has 1 fully saturated rings. The van der Waals surface area contributed by atoms with Crippen molar-refractivity contribution in [2.45, 2.75) is 53.1 Å². The molecule has 1 aliphatic carbocycles. The van der Waals surface area contributed by atoms with Gasteiger partial charge in [-0.3, -0.25) is 0 Å². The second-order valence-electron chi connectivity index (χ2n) is 5.95. The number of rotatable bonds is 9. The van der Waals surface area contributed by atoms with E-state index >= 15 is 0 Å². The Morgan fingerprint density at radius 1 is 1.00 bits per heavy atom. The number of ether oxygens (including phenoxy) is 3. The summed E-state index contributed by atoms with van der Waals surface area (Å²) in [6.07, 6.45) is 4.30. The minimum absolute atomic E-state index is 0.430. The third kappa shape index (κ3) is 6.24. The van der Waals surface area contributed by atoms with Crippen molar-refractivity contribution < 1.29 is 14.2 Å². The van der Waals surface area contributed by atoms with E-state index in [1.165, 1.54) is 19.3 Å². The molecule has 1 rings (SSSR count). The summed E-state index contributed by atoms with van der Waals surface area (Å²) in [5.41, 5.74) is 0. The first-order valence-electron chi connectivity index (χ1n) is 7.93. The maximum Gasteiger partial charge on any atom is 0.0704 e. The van der Waals surface area contributed by atoms with E-state index in [1.807, 2.05) is 6.92 Å². The Labute approximate surface area is 119 Å². The fourth-order valence-electron chi connectivity index (χ4n) is 3.30. The average Bonchev–Trinajstić information content (AvgIpc) is 2.37. The highest BCUT2D eigenvalue weighted by atomic mass is 16.5. The highest BCUT2D eigenvalue weighted by Crippen LogP contribution is 2.36. The zero-order valence-corrected chi connectivity index (χ0v) is 13.2. The van der Waals surface area contributed by atoms with Crippen LogP contribution in [0.3, 0.4) is 0 Å². The molecular formula is C16H32O3. The highest BCUT2D eigenvalue weighted by molar-refractivity contribution is 4.82. The molecule has 19 heavy (non-hydrogen) atoms. The molecule has 3 heteroatoms. The Morgan fingerprint density at radius 3 is 2.37 bits per heavy atom. The molecule has 0 aromatic rings. The van der Waals surface area contributed by atoms with Gasteiger partial charge in [-0.25, -0.2) is 0 Å². The van der Waals surface area contributed by atoms with Crippen molar-refractivity contribution in [1.29, 1.82) is 0 Å². The smallest absolute Gasteiger partial charge is 0.0704 e. The normalized spacial score (nSPS) is 27.9. The Morgan fingerprint density at radius 2 is 1.68 bits per heavy atom. The van der Waals surface area contributed by atoms with Gasteiger partial charge in [-0.2, -0.15) is 0 Å². The van der Waals surface area contributed by atoms with Gasteiger partial charge < -0.3 is 14.2 Å². The molecule has 0 aromatic heterocycles. The lowest BCUT2D eigenvalue weighted by Crippen LogP contribution is -2.37. The Hall–Kier alpha value is -0.120. The van der Waals surface area contributed by atoms with Gasteiger partial charge >= 0.3 is 0 Å². The predicted molar refractivity (Wildman–Crippen MR) is 78.4 cm³/mol. The van der Waals surface area contributed by atoms with Crippen LogP contribution in [-0.2, 0) is 14.2 Å². The molecule has 0 spiro atoms. The van der Waals surface area contributed by atoms with Gasteiger partial charge in [0.05, 0.1) is 32.5 Å². The standard InChI is InChI=1S/C16H32O3/c1-5-17-9-10-18-11-12-19-15-8-6-7-14(4)16(15)13(2)3/h13-16H,5-12H2,1-4H3. The molecule has 1 saturated carbocycles. The molecule has 0 N–H and O–H groups in total. The van der Waals surface area contributed by atoms with Gasteiger partial charge in [0.1, 0.15) is 0 Å². The summed E-state index contributed by atoms with van der Waals surface area (Å²) in [4.78, 5) is 0. The van der Waals surface area contributed by atoms with E-state index in [4.69, 9.17) is 14.2 Å². The summed E-state index contributed by atoms with van der Waals surface area (Å²) in [6, 6.07) is 0. The van der Waals surface area contributed by atoms with Gasteiger partial charge in [-0.1, -0.05) is 33.6 Å². The highest BCUT2D eigenvalue weighted by Gasteiger charge is 2.33. The fraction of sp³-hybridized carbons (Fsp3) is 1.00. The van der Waals surface area contributed by atoms with Crippen LogP contribution in [0.25, 0.3) is 0 Å². The van der Waals surface area contributed by atoms with E-state index < -0.39 is 0 Å². The molecule has 0 bridgehead atoms. The van der Waals surface area contributed by atoms with Crippen molar-refractivity contribution in [3.05, 3.63) is 0 Å². The quantitative estimate of drug-likeness (QED) is 0.601. The van der Waals surface area contributed by atoms with Gasteiger partial charge in [-0.15, -0.1) is 0 Å². The zero-order chi connectivity index (χ0) is 14.1. The van der Waals surface area contributed by atoms with Gasteiger partial charge in [-0.05, 0) is 31.1 Å². The SMILES string of the molecule is CCOCCOCCOC1CCCC(C)C1C(C)C. The minimum Gasteiger partial charge on any atom is -0.379 e. The summed E-state index contributed by atoms with van der Waals surface area (Å²) in [5, 5.41) is 0. The van der Waals surface area contributed by atoms with Crippen LogP contribution in [-0.4, -0.2) is 39.1 Å². The van der Waals surface area contributed by atoms with Crippen LogP contribution in [0, 0.1) is 17.8 Å². The van der Waals surface area contributed by atoms with Crippen LogP contribution in [0.5, 0.6) is 0 Å². The van der Waals surface area contributed by atoms with Crippen LogP contribution >= 0.6 is 0 Å². The van der Waals surface area contributed by atoms with E-state index in [9.17, 15) is 0 Å². The maximum absolute atomic E-state index is 6.07. The summed E-state index contributed by atoms with van der Waals surface area (Å²) < 4.78 is 16.8. The summed E-state index contributed by atoms with van der Waals surface area (Å²) in [5.74, 6) is 2.20. The minimum atomic E-state index is 0.430. The van der Waals surface area contributed by atoms with E-state index in [-0.39, 0.29) is 0 Å². The Balaban J connectivity index is 2.16. The van der Waals surface area contributed by atoms with Gasteiger partial charge in [0.25, 0.3) is 0 Å². The molecule has 0 saturated heterocycles. The predicted octanol–water partition coefficient (Wildman–Crippen LogP) is 3.52. The summed E-state index contributed by atoms with van der Waals surface area (Å²) >= 11 is 0. The van der Waals surface area contributed by atoms with Crippen molar-refractivity contribution >= 4 is 0 Å². The Kier molecular flexibility index (Phi) is 8.67. The van der Waals surface area contributed by atoms with Crippen molar-refractivity contribution in [3.63, 3.8) is 0 Å². The third-order valence-corrected chi connectivity index (χ3v) is 4.14. The lowest BCUT2D eigenvalue weighted by Gasteiger charge is -2.39. The topological polar surface area (TPSA) is 27.7 Å². The van der Waals surface area contributed by atoms with Crippen LogP contribution in [0.4, 0.5) is 0 Å². The molecular weight excluding hydrogens is 240 g/mol. The van der Waals surface area contributed by atoms with E-state index in [1.54, 1.807) is 0 Å². The molecule has 0 aliphatic heterocycles. The third-order valence-electron chi connectivity index (χ3n) is 4.14. The van der Waals surface area contributed by atoms with Crippen LogP contribution in [0.15, 0.2) is 0 Å². The van der Waals surface area contributed by atoms with Crippen LogP contribution in [0.2, 0.25) is 0 Å². The van der Waals surface area contributed by atoms with Crippen molar-refractivity contribution in [2.75, 3.05) is 33.0 Å². The van der Waals surface area contributed by atoms with Crippen LogP contribution in [0.1, 0.15) is 47.0 Å². The van der Waals surface area contributed by atoms with Crippen molar-refractivity contribution in [1.82, 2.24) is 0 Å². The average molecular weight is 272 g/mol. The Bertz CT molecular complexity index is 218. The monoisotopic (exact) mass is 272 g/mol. The first-order chi connectivity index (χ1) is 9.16. The fourth-order valence-corrected chi connectivity index (χ4v) is 3.30. The molecule has 0 heterocycles. The van der Waals surface area contributed by atoms with Crippen molar-refractivity contribution in [2.24, 2.45) is 17.8 Å². The molecule has 3 nitrogen and oxygen atoms in total. The van der Waals surface area contributed by atoms with Gasteiger partial charge in [0.2, 0.25) is 0 Å². The molecule has 3 atom stereocenters. The first kappa shape index (κ1) is 16.9. The van der Waals surface area contributed by atoms with Crippen LogP contribution < -0.4 is 0 Å². The summed E-state index contributed by atoms with van der Waals surface area (Å²) in [6.45, 7) is 12.5. The zero-order valence-electron chi connectivity index (χ0n) is 13.2. The first-order valence-corrected chi connectivity index (χ1v) is 7.93. The second-order valence-corrected chi connectivity index (χ2v) is 5.95. The molecule has 1 aliphatic rings. The molecule has 114 valence electrons. The number of hydrogen-bond donors (Lipinski definition) is 0. The van der Waals surface area contributed by atoms with Gasteiger partial charge in [0.15, 0.2) is 0 Å². The summed E-state index contributed by atoms with van der Waals surface area (Å²) in [7, 11) is 0. The van der Waals surface area contributed by atoms with Gasteiger partial charge in [0, 0.05) is 6.61 Å². The largest absolute Gasteiger partial charge is 0.379 e. The van der Waals surface area contributed by atoms with Crippen molar-refractivity contribution in [3.8, 4) is 0 Å². The molecule has 0 radical (unpaired) electrons. The molecule has 0 amide bonds. The van der Waals surface area contributed by atoms with E-state index in [2.05, 4.69) is 20.8 Å². The molecule has 0 aromatic carbocycles. The van der Waals surface area contributed by atoms with E-state index in [0.717, 1.165) is 12.5 Å².